The van der Waals surface area contributed by atoms with E-state index in [1.807, 2.05) is 49.1 Å². The Morgan fingerprint density at radius 1 is 1.04 bits per heavy atom. The van der Waals surface area contributed by atoms with Crippen LogP contribution in [0.2, 0.25) is 0 Å². The molecule has 0 radical (unpaired) electrons. The van der Waals surface area contributed by atoms with Gasteiger partial charge in [0.25, 0.3) is 5.91 Å². The van der Waals surface area contributed by atoms with Crippen molar-refractivity contribution in [1.82, 2.24) is 19.8 Å². The van der Waals surface area contributed by atoms with E-state index in [4.69, 9.17) is 0 Å². The van der Waals surface area contributed by atoms with Crippen LogP contribution >= 0.6 is 0 Å². The average Bonchev–Trinajstić information content (AvgIpc) is 2.54. The van der Waals surface area contributed by atoms with Crippen molar-refractivity contribution in [3.63, 3.8) is 0 Å². The summed E-state index contributed by atoms with van der Waals surface area (Å²) in [5.74, 6) is 0.629. The Labute approximate surface area is 142 Å². The molecule has 2 aromatic rings. The molecule has 6 nitrogen and oxygen atoms in total. The number of nitrogens with one attached hydrogen (secondary N) is 1. The lowest BCUT2D eigenvalue weighted by Crippen LogP contribution is -2.47. The molecule has 3 rings (SSSR count). The number of likely N-dealkylation sites (N-methyl/N-ethyl adjacent to an activating group) is 1. The molecule has 24 heavy (non-hydrogen) atoms. The first-order valence-electron chi connectivity index (χ1n) is 8.18. The van der Waals surface area contributed by atoms with Crippen LogP contribution in [0.5, 0.6) is 0 Å². The number of aryl methyl sites for hydroxylation is 2. The Morgan fingerprint density at radius 3 is 2.38 bits per heavy atom. The van der Waals surface area contributed by atoms with E-state index in [-0.39, 0.29) is 5.91 Å². The molecule has 0 atom stereocenters. The lowest BCUT2D eigenvalue weighted by atomic mass is 10.1. The number of carbonyl (C=O) groups is 1. The summed E-state index contributed by atoms with van der Waals surface area (Å²) in [7, 11) is 2.08. The van der Waals surface area contributed by atoms with Crippen LogP contribution in [0.15, 0.2) is 30.3 Å². The van der Waals surface area contributed by atoms with E-state index in [9.17, 15) is 4.79 Å². The molecule has 1 fully saturated rings. The van der Waals surface area contributed by atoms with Gasteiger partial charge in [-0.2, -0.15) is 0 Å². The fourth-order valence-electron chi connectivity index (χ4n) is 2.83. The summed E-state index contributed by atoms with van der Waals surface area (Å²) in [6, 6.07) is 9.45. The van der Waals surface area contributed by atoms with E-state index in [1.165, 1.54) is 0 Å². The Morgan fingerprint density at radius 2 is 1.71 bits per heavy atom. The predicted octanol–water partition coefficient (Wildman–Crippen LogP) is 2.22. The van der Waals surface area contributed by atoms with E-state index in [2.05, 4.69) is 27.2 Å². The van der Waals surface area contributed by atoms with Gasteiger partial charge < -0.3 is 15.1 Å². The van der Waals surface area contributed by atoms with E-state index in [0.717, 1.165) is 43.3 Å². The second kappa shape index (κ2) is 6.97. The van der Waals surface area contributed by atoms with Gasteiger partial charge in [-0.25, -0.2) is 9.97 Å². The van der Waals surface area contributed by atoms with E-state index < -0.39 is 0 Å². The van der Waals surface area contributed by atoms with Gasteiger partial charge in [0.1, 0.15) is 0 Å². The zero-order valence-electron chi connectivity index (χ0n) is 14.4. The Hall–Kier alpha value is -2.47. The lowest BCUT2D eigenvalue weighted by molar-refractivity contribution is 0.0664. The molecule has 126 valence electrons. The zero-order valence-corrected chi connectivity index (χ0v) is 14.4. The van der Waals surface area contributed by atoms with Gasteiger partial charge in [-0.3, -0.25) is 4.79 Å². The van der Waals surface area contributed by atoms with Crippen LogP contribution in [0, 0.1) is 13.8 Å². The Balaban J connectivity index is 1.75. The third-order valence-electron chi connectivity index (χ3n) is 4.14. The minimum atomic E-state index is 0.0769. The van der Waals surface area contributed by atoms with Crippen molar-refractivity contribution in [2.75, 3.05) is 38.5 Å². The highest BCUT2D eigenvalue weighted by molar-refractivity contribution is 5.95. The second-order valence-electron chi connectivity index (χ2n) is 6.28. The van der Waals surface area contributed by atoms with E-state index in [0.29, 0.717) is 11.5 Å². The van der Waals surface area contributed by atoms with Crippen molar-refractivity contribution in [1.29, 1.82) is 0 Å². The number of piperazine rings is 1. The van der Waals surface area contributed by atoms with Gasteiger partial charge in [0, 0.05) is 48.8 Å². The minimum Gasteiger partial charge on any atom is -0.336 e. The molecule has 6 heteroatoms. The summed E-state index contributed by atoms with van der Waals surface area (Å²) in [6.07, 6.45) is 0. The second-order valence-corrected chi connectivity index (χ2v) is 6.28. The zero-order chi connectivity index (χ0) is 17.1. The third kappa shape index (κ3) is 3.89. The normalized spacial score (nSPS) is 15.4. The van der Waals surface area contributed by atoms with Crippen LogP contribution in [0.25, 0.3) is 0 Å². The predicted molar refractivity (Wildman–Crippen MR) is 94.6 cm³/mol. The molecule has 2 heterocycles. The fraction of sp³-hybridized carbons (Fsp3) is 0.389. The number of aromatic nitrogens is 2. The molecule has 1 aliphatic rings. The molecule has 0 bridgehead atoms. The molecule has 0 unspecified atom stereocenters. The monoisotopic (exact) mass is 325 g/mol. The van der Waals surface area contributed by atoms with Gasteiger partial charge in [0.15, 0.2) is 0 Å². The minimum absolute atomic E-state index is 0.0769. The smallest absolute Gasteiger partial charge is 0.254 e. The van der Waals surface area contributed by atoms with E-state index >= 15 is 0 Å². The first-order valence-corrected chi connectivity index (χ1v) is 8.18. The highest BCUT2D eigenvalue weighted by Gasteiger charge is 2.20. The largest absolute Gasteiger partial charge is 0.336 e. The summed E-state index contributed by atoms with van der Waals surface area (Å²) >= 11 is 0. The van der Waals surface area contributed by atoms with Crippen LogP contribution in [0.3, 0.4) is 0 Å². The number of nitrogens with zero attached hydrogens (tertiary/aromatic N) is 4. The maximum absolute atomic E-state index is 12.7. The molecular weight excluding hydrogens is 302 g/mol. The number of rotatable bonds is 3. The third-order valence-corrected chi connectivity index (χ3v) is 4.14. The molecule has 1 aromatic carbocycles. The highest BCUT2D eigenvalue weighted by atomic mass is 16.2. The van der Waals surface area contributed by atoms with Crippen molar-refractivity contribution in [2.45, 2.75) is 13.8 Å². The molecule has 1 N–H and O–H groups in total. The number of hydrogen-bond acceptors (Lipinski definition) is 5. The molecule has 1 aliphatic heterocycles. The Kier molecular flexibility index (Phi) is 4.76. The molecule has 0 aliphatic carbocycles. The SMILES string of the molecule is Cc1cc(C)nc(Nc2cccc(C(=O)N3CCN(C)CC3)c2)n1. The number of carbonyl (C=O) groups excluding carboxylic acids is 1. The topological polar surface area (TPSA) is 61.4 Å². The van der Waals surface area contributed by atoms with Crippen LogP contribution in [0.4, 0.5) is 11.6 Å². The van der Waals surface area contributed by atoms with Crippen molar-refractivity contribution in [2.24, 2.45) is 0 Å². The lowest BCUT2D eigenvalue weighted by Gasteiger charge is -2.32. The first kappa shape index (κ1) is 16.4. The van der Waals surface area contributed by atoms with Gasteiger partial charge in [0.05, 0.1) is 0 Å². The molecule has 1 aromatic heterocycles. The molecule has 0 spiro atoms. The van der Waals surface area contributed by atoms with Gasteiger partial charge >= 0.3 is 0 Å². The maximum Gasteiger partial charge on any atom is 0.254 e. The number of hydrogen-bond donors (Lipinski definition) is 1. The molecule has 0 saturated carbocycles. The average molecular weight is 325 g/mol. The quantitative estimate of drug-likeness (QED) is 0.937. The van der Waals surface area contributed by atoms with Crippen molar-refractivity contribution in [3.8, 4) is 0 Å². The first-order chi connectivity index (χ1) is 11.5. The van der Waals surface area contributed by atoms with Gasteiger partial charge in [0.2, 0.25) is 5.95 Å². The summed E-state index contributed by atoms with van der Waals surface area (Å²) in [6.45, 7) is 7.25. The molecule has 1 saturated heterocycles. The number of anilines is 2. The summed E-state index contributed by atoms with van der Waals surface area (Å²) in [5.41, 5.74) is 3.33. The number of amides is 1. The van der Waals surface area contributed by atoms with Crippen LogP contribution < -0.4 is 5.32 Å². The highest BCUT2D eigenvalue weighted by Crippen LogP contribution is 2.17. The van der Waals surface area contributed by atoms with Crippen molar-refractivity contribution >= 4 is 17.5 Å². The fourth-order valence-corrected chi connectivity index (χ4v) is 2.83. The molecule has 1 amide bonds. The molecular formula is C18H23N5O. The summed E-state index contributed by atoms with van der Waals surface area (Å²) in [5, 5.41) is 3.19. The van der Waals surface area contributed by atoms with Crippen LogP contribution in [-0.4, -0.2) is 58.9 Å². The van der Waals surface area contributed by atoms with Gasteiger partial charge in [-0.15, -0.1) is 0 Å². The summed E-state index contributed by atoms with van der Waals surface area (Å²) in [4.78, 5) is 25.6. The summed E-state index contributed by atoms with van der Waals surface area (Å²) < 4.78 is 0. The van der Waals surface area contributed by atoms with Crippen molar-refractivity contribution < 1.29 is 4.79 Å². The van der Waals surface area contributed by atoms with E-state index in [1.54, 1.807) is 0 Å². The maximum atomic E-state index is 12.7. The number of benzene rings is 1. The van der Waals surface area contributed by atoms with Crippen LogP contribution in [-0.2, 0) is 0 Å². The van der Waals surface area contributed by atoms with Crippen molar-refractivity contribution in [3.05, 3.63) is 47.3 Å². The van der Waals surface area contributed by atoms with Gasteiger partial charge in [-0.1, -0.05) is 6.07 Å². The van der Waals surface area contributed by atoms with Gasteiger partial charge in [-0.05, 0) is 45.2 Å². The Bertz CT molecular complexity index is 718. The van der Waals surface area contributed by atoms with Crippen LogP contribution in [0.1, 0.15) is 21.7 Å². The standard InChI is InChI=1S/C18H23N5O/c1-13-11-14(2)20-18(19-13)21-16-6-4-5-15(12-16)17(24)23-9-7-22(3)8-10-23/h4-6,11-12H,7-10H2,1-3H3,(H,19,20,21).